The van der Waals surface area contributed by atoms with Crippen molar-refractivity contribution in [2.24, 2.45) is 11.3 Å². The molecule has 4 aliphatic heterocycles. The lowest BCUT2D eigenvalue weighted by Crippen LogP contribution is -2.45. The number of aryl methyl sites for hydroxylation is 1. The van der Waals surface area contributed by atoms with Crippen LogP contribution in [0.25, 0.3) is 10.2 Å². The minimum atomic E-state index is -4.59. The van der Waals surface area contributed by atoms with Crippen molar-refractivity contribution < 1.29 is 32.2 Å². The fraction of sp³-hybridized carbons (Fsp3) is 0.405. The van der Waals surface area contributed by atoms with Crippen LogP contribution < -0.4 is 20.7 Å². The molecule has 0 fully saturated rings. The molecule has 5 aliphatic rings. The summed E-state index contributed by atoms with van der Waals surface area (Å²) in [7, 11) is 0. The largest absolute Gasteiger partial charge is 0.492 e. The summed E-state index contributed by atoms with van der Waals surface area (Å²) in [6, 6.07) is 13.8. The average molecular weight is 785 g/mol. The lowest BCUT2D eigenvalue weighted by atomic mass is 9.92. The smallest absolute Gasteiger partial charge is 0.422 e. The lowest BCUT2D eigenvalue weighted by molar-refractivity contribution is -0.154. The fourth-order valence-corrected chi connectivity index (χ4v) is 7.14. The molecule has 17 heteroatoms. The Balaban J connectivity index is 1.19. The first-order chi connectivity index (χ1) is 25.8. The zero-order valence-corrected chi connectivity index (χ0v) is 31.3. The summed E-state index contributed by atoms with van der Waals surface area (Å²) in [5, 5.41) is 10.4. The van der Waals surface area contributed by atoms with Crippen LogP contribution in [-0.4, -0.2) is 82.2 Å². The summed E-state index contributed by atoms with van der Waals surface area (Å²) >= 11 is 8.23. The Morgan fingerprint density at radius 3 is 2.61 bits per heavy atom. The molecule has 2 amide bonds. The van der Waals surface area contributed by atoms with Gasteiger partial charge in [-0.25, -0.2) is 4.98 Å². The van der Waals surface area contributed by atoms with Crippen LogP contribution in [0.15, 0.2) is 71.5 Å². The van der Waals surface area contributed by atoms with E-state index in [-0.39, 0.29) is 29.6 Å². The summed E-state index contributed by atoms with van der Waals surface area (Å²) in [6.45, 7) is 4.15. The monoisotopic (exact) mass is 784 g/mol. The maximum absolute atomic E-state index is 13.7. The summed E-state index contributed by atoms with van der Waals surface area (Å²) in [4.78, 5) is 45.7. The Morgan fingerprint density at radius 2 is 1.85 bits per heavy atom. The third-order valence-electron chi connectivity index (χ3n) is 8.55. The number of fused-ring (bicyclic) bond motifs is 1. The standard InChI is InChI=1S/C37H40ClF3N8O4S/c1-36(2)20-43-32(51)24-9-11-25(12-10-24)44-34-46-33(47-35(48-34)53-22-37(39,40)41)42-19-23-8-13-28(26(38)18-23)52-17-5-16-49(21-36)31(50)15-14-30-45-27-6-3-4-7-29(27)54-30/h3-4,6-13,23H,5,14-22H2,1-2H3,(H,43,51)(H2,42,44,46,47,48). The maximum Gasteiger partial charge on any atom is 0.422 e. The number of amides is 2. The number of aromatic nitrogens is 4. The summed E-state index contributed by atoms with van der Waals surface area (Å²) in [6.07, 6.45) is 0.916. The number of benzene rings is 2. The SMILES string of the molecule is CC1(C)CNC(=O)c2ccc(cc2)Nc2nc(nc(OCC(F)(F)F)n2)NCC2C=CC(=C(Cl)C2)OCCCN(C(=O)CCc2nc3ccccc3s2)C1. The third-order valence-corrected chi connectivity index (χ3v) is 9.99. The number of alkyl halides is 3. The molecule has 3 N–H and O–H groups in total. The Morgan fingerprint density at radius 1 is 1.07 bits per heavy atom. The topological polar surface area (TPSA) is 143 Å². The number of rotatable bonds is 5. The van der Waals surface area contributed by atoms with Gasteiger partial charge in [0.1, 0.15) is 5.76 Å². The molecular weight excluding hydrogens is 745 g/mol. The highest BCUT2D eigenvalue weighted by atomic mass is 35.5. The van der Waals surface area contributed by atoms with Crippen LogP contribution in [-0.2, 0) is 16.0 Å². The number of nitrogens with one attached hydrogen (secondary N) is 3. The zero-order chi connectivity index (χ0) is 38.3. The Hall–Kier alpha value is -4.96. The van der Waals surface area contributed by atoms with Gasteiger partial charge >= 0.3 is 12.2 Å². The average Bonchev–Trinajstić information content (AvgIpc) is 3.56. The Labute approximate surface area is 319 Å². The van der Waals surface area contributed by atoms with Gasteiger partial charge < -0.3 is 30.3 Å². The molecule has 1 atom stereocenters. The van der Waals surface area contributed by atoms with E-state index in [4.69, 9.17) is 26.1 Å². The highest BCUT2D eigenvalue weighted by molar-refractivity contribution is 7.18. The number of ether oxygens (including phenoxy) is 2. The maximum atomic E-state index is 13.7. The molecule has 2 aromatic carbocycles. The van der Waals surface area contributed by atoms with Crippen LogP contribution >= 0.6 is 22.9 Å². The molecule has 0 saturated heterocycles. The first kappa shape index (κ1) is 38.8. The van der Waals surface area contributed by atoms with E-state index in [1.54, 1.807) is 41.7 Å². The van der Waals surface area contributed by atoms with Gasteiger partial charge in [-0.1, -0.05) is 43.7 Å². The zero-order valence-electron chi connectivity index (χ0n) is 29.7. The van der Waals surface area contributed by atoms with Gasteiger partial charge in [0.15, 0.2) is 6.61 Å². The normalized spacial score (nSPS) is 18.4. The number of carbonyl (C=O) groups is 2. The number of hydrogen-bond acceptors (Lipinski definition) is 11. The van der Waals surface area contributed by atoms with Gasteiger partial charge in [0, 0.05) is 50.3 Å². The number of allylic oxidation sites excluding steroid dienone is 2. The molecule has 1 aliphatic carbocycles. The predicted molar refractivity (Wildman–Crippen MR) is 201 cm³/mol. The first-order valence-electron chi connectivity index (χ1n) is 17.5. The van der Waals surface area contributed by atoms with Crippen molar-refractivity contribution in [1.29, 1.82) is 0 Å². The molecule has 4 aromatic rings. The second-order valence-corrected chi connectivity index (χ2v) is 15.4. The van der Waals surface area contributed by atoms with E-state index >= 15 is 0 Å². The highest BCUT2D eigenvalue weighted by Gasteiger charge is 2.30. The van der Waals surface area contributed by atoms with Gasteiger partial charge in [-0.15, -0.1) is 11.3 Å². The molecule has 0 spiro atoms. The number of carbonyl (C=O) groups excluding carboxylic acids is 2. The van der Waals surface area contributed by atoms with E-state index < -0.39 is 24.2 Å². The lowest BCUT2D eigenvalue weighted by Gasteiger charge is -2.33. The molecule has 6 heterocycles. The van der Waals surface area contributed by atoms with Gasteiger partial charge in [-0.05, 0) is 66.6 Å². The summed E-state index contributed by atoms with van der Waals surface area (Å²) in [5.74, 6) is 0.0315. The molecule has 6 bridgehead atoms. The predicted octanol–water partition coefficient (Wildman–Crippen LogP) is 7.24. The van der Waals surface area contributed by atoms with Gasteiger partial charge in [0.2, 0.25) is 17.8 Å². The van der Waals surface area contributed by atoms with E-state index in [1.165, 1.54) is 0 Å². The Kier molecular flexibility index (Phi) is 12.2. The third kappa shape index (κ3) is 11.0. The fourth-order valence-electron chi connectivity index (χ4n) is 5.86. The van der Waals surface area contributed by atoms with Gasteiger partial charge in [-0.3, -0.25) is 9.59 Å². The van der Waals surface area contributed by atoms with Crippen molar-refractivity contribution in [2.45, 2.75) is 45.7 Å². The quantitative estimate of drug-likeness (QED) is 0.190. The van der Waals surface area contributed by atoms with E-state index in [0.29, 0.717) is 80.5 Å². The van der Waals surface area contributed by atoms with E-state index in [9.17, 15) is 22.8 Å². The number of thiazole rings is 1. The van der Waals surface area contributed by atoms with Crippen molar-refractivity contribution in [1.82, 2.24) is 30.2 Å². The second-order valence-electron chi connectivity index (χ2n) is 13.8. The molecule has 2 aromatic heterocycles. The summed E-state index contributed by atoms with van der Waals surface area (Å²) < 4.78 is 50.7. The van der Waals surface area contributed by atoms with Crippen LogP contribution in [0, 0.1) is 11.3 Å². The van der Waals surface area contributed by atoms with Crippen molar-refractivity contribution in [2.75, 3.05) is 50.0 Å². The van der Waals surface area contributed by atoms with Gasteiger partial charge in [0.25, 0.3) is 5.91 Å². The van der Waals surface area contributed by atoms with E-state index in [0.717, 1.165) is 15.2 Å². The molecule has 1 unspecified atom stereocenters. The van der Waals surface area contributed by atoms with E-state index in [2.05, 4.69) is 30.9 Å². The molecule has 54 heavy (non-hydrogen) atoms. The number of hydrogen-bond donors (Lipinski definition) is 3. The number of nitrogens with zero attached hydrogens (tertiary/aromatic N) is 5. The van der Waals surface area contributed by atoms with Gasteiger partial charge in [-0.2, -0.15) is 28.1 Å². The molecule has 0 saturated carbocycles. The molecule has 0 radical (unpaired) electrons. The van der Waals surface area contributed by atoms with Crippen LogP contribution in [0.1, 0.15) is 48.5 Å². The minimum absolute atomic E-state index is 0.00697. The molecular formula is C37H40ClF3N8O4S. The first-order valence-corrected chi connectivity index (χ1v) is 18.6. The number of anilines is 3. The number of halogens is 4. The summed E-state index contributed by atoms with van der Waals surface area (Å²) in [5.41, 5.74) is 1.29. The molecule has 9 rings (SSSR count). The molecule has 12 nitrogen and oxygen atoms in total. The van der Waals surface area contributed by atoms with Crippen LogP contribution in [0.2, 0.25) is 0 Å². The number of para-hydroxylation sites is 1. The van der Waals surface area contributed by atoms with Crippen LogP contribution in [0.4, 0.5) is 30.8 Å². The van der Waals surface area contributed by atoms with E-state index in [1.807, 2.05) is 49.1 Å². The van der Waals surface area contributed by atoms with Crippen molar-refractivity contribution in [3.05, 3.63) is 82.0 Å². The van der Waals surface area contributed by atoms with Gasteiger partial charge in [0.05, 0.1) is 26.9 Å². The van der Waals surface area contributed by atoms with Crippen LogP contribution in [0.3, 0.4) is 0 Å². The minimum Gasteiger partial charge on any atom is -0.492 e. The van der Waals surface area contributed by atoms with Crippen molar-refractivity contribution in [3.63, 3.8) is 0 Å². The Bertz CT molecular complexity index is 1990. The van der Waals surface area contributed by atoms with Crippen molar-refractivity contribution in [3.8, 4) is 6.01 Å². The molecule has 286 valence electrons. The second kappa shape index (κ2) is 17.0. The van der Waals surface area contributed by atoms with Crippen LogP contribution in [0.5, 0.6) is 6.01 Å². The van der Waals surface area contributed by atoms with Crippen molar-refractivity contribution >= 4 is 62.6 Å². The highest BCUT2D eigenvalue weighted by Crippen LogP contribution is 2.29.